The lowest BCUT2D eigenvalue weighted by atomic mass is 10.2. The van der Waals surface area contributed by atoms with Crippen LogP contribution in [0.15, 0.2) is 56.9 Å². The van der Waals surface area contributed by atoms with Crippen LogP contribution in [0.5, 0.6) is 5.75 Å². The molecule has 0 saturated heterocycles. The van der Waals surface area contributed by atoms with E-state index in [1.165, 1.54) is 17.6 Å². The van der Waals surface area contributed by atoms with E-state index in [1.807, 2.05) is 29.6 Å². The first kappa shape index (κ1) is 14.5. The molecule has 24 heavy (non-hydrogen) atoms. The van der Waals surface area contributed by atoms with Gasteiger partial charge in [0.05, 0.1) is 13.4 Å². The van der Waals surface area contributed by atoms with Crippen LogP contribution in [-0.2, 0) is 0 Å². The number of rotatable bonds is 4. The first-order valence-corrected chi connectivity index (χ1v) is 7.99. The Morgan fingerprint density at radius 1 is 1.29 bits per heavy atom. The van der Waals surface area contributed by atoms with Crippen molar-refractivity contribution in [2.24, 2.45) is 0 Å². The molecule has 0 saturated carbocycles. The Kier molecular flexibility index (Phi) is 3.55. The molecule has 0 spiro atoms. The third kappa shape index (κ3) is 2.65. The quantitative estimate of drug-likeness (QED) is 0.595. The molecule has 6 nitrogen and oxygen atoms in total. The number of fused-ring (bicyclic) bond motifs is 1. The smallest absolute Gasteiger partial charge is 0.293 e. The Morgan fingerprint density at radius 2 is 2.21 bits per heavy atom. The van der Waals surface area contributed by atoms with Crippen molar-refractivity contribution in [2.75, 3.05) is 12.4 Å². The van der Waals surface area contributed by atoms with Gasteiger partial charge < -0.3 is 13.6 Å². The van der Waals surface area contributed by atoms with Crippen LogP contribution in [0.3, 0.4) is 0 Å². The molecule has 7 heteroatoms. The molecule has 0 aliphatic heterocycles. The number of carbonyl (C=O) groups is 1. The van der Waals surface area contributed by atoms with Gasteiger partial charge in [0, 0.05) is 10.8 Å². The lowest BCUT2D eigenvalue weighted by Crippen LogP contribution is -2.10. The number of nitrogens with zero attached hydrogens (tertiary/aromatic N) is 1. The van der Waals surface area contributed by atoms with Gasteiger partial charge in [0.25, 0.3) is 5.91 Å². The van der Waals surface area contributed by atoms with Gasteiger partial charge in [-0.1, -0.05) is 0 Å². The first-order valence-electron chi connectivity index (χ1n) is 7.11. The minimum Gasteiger partial charge on any atom is -0.497 e. The van der Waals surface area contributed by atoms with Gasteiger partial charge in [-0.3, -0.25) is 10.1 Å². The van der Waals surface area contributed by atoms with Crippen LogP contribution in [0.25, 0.3) is 22.4 Å². The Balaban J connectivity index is 1.59. The van der Waals surface area contributed by atoms with E-state index in [4.69, 9.17) is 13.6 Å². The second-order valence-electron chi connectivity index (χ2n) is 4.98. The number of thiazole rings is 1. The molecule has 3 heterocycles. The molecular weight excluding hydrogens is 328 g/mol. The van der Waals surface area contributed by atoms with Gasteiger partial charge in [-0.2, -0.15) is 0 Å². The van der Waals surface area contributed by atoms with Crippen molar-refractivity contribution in [1.29, 1.82) is 0 Å². The molecule has 0 aliphatic carbocycles. The Bertz CT molecular complexity index is 1000. The van der Waals surface area contributed by atoms with E-state index in [2.05, 4.69) is 10.3 Å². The zero-order valence-corrected chi connectivity index (χ0v) is 13.4. The number of aromatic nitrogens is 1. The predicted octanol–water partition coefficient (Wildman–Crippen LogP) is 4.41. The Morgan fingerprint density at radius 3 is 3.00 bits per heavy atom. The van der Waals surface area contributed by atoms with Crippen molar-refractivity contribution in [1.82, 2.24) is 4.98 Å². The van der Waals surface area contributed by atoms with Gasteiger partial charge in [-0.05, 0) is 36.4 Å². The minimum absolute atomic E-state index is 0.239. The Hall–Kier alpha value is -3.06. The maximum absolute atomic E-state index is 12.0. The second kappa shape index (κ2) is 5.86. The lowest BCUT2D eigenvalue weighted by Gasteiger charge is -1.96. The summed E-state index contributed by atoms with van der Waals surface area (Å²) in [5.41, 5.74) is 1.41. The predicted molar refractivity (Wildman–Crippen MR) is 90.5 cm³/mol. The molecule has 4 rings (SSSR count). The number of hydrogen-bond donors (Lipinski definition) is 1. The topological polar surface area (TPSA) is 77.5 Å². The fourth-order valence-corrected chi connectivity index (χ4v) is 2.98. The summed E-state index contributed by atoms with van der Waals surface area (Å²) >= 11 is 1.32. The van der Waals surface area contributed by atoms with Crippen LogP contribution in [0.4, 0.5) is 5.13 Å². The van der Waals surface area contributed by atoms with Crippen LogP contribution in [0, 0.1) is 0 Å². The first-order chi connectivity index (χ1) is 11.7. The summed E-state index contributed by atoms with van der Waals surface area (Å²) in [4.78, 5) is 16.3. The van der Waals surface area contributed by atoms with Gasteiger partial charge in [0.2, 0.25) is 0 Å². The maximum Gasteiger partial charge on any atom is 0.293 e. The molecule has 0 aliphatic rings. The van der Waals surface area contributed by atoms with Crippen LogP contribution < -0.4 is 10.1 Å². The van der Waals surface area contributed by atoms with E-state index in [0.717, 1.165) is 16.7 Å². The van der Waals surface area contributed by atoms with Crippen molar-refractivity contribution in [2.45, 2.75) is 0 Å². The summed E-state index contributed by atoms with van der Waals surface area (Å²) in [6, 6.07) is 10.7. The van der Waals surface area contributed by atoms with Crippen molar-refractivity contribution >= 4 is 33.3 Å². The molecule has 0 radical (unpaired) electrons. The summed E-state index contributed by atoms with van der Waals surface area (Å²) in [5, 5.41) is 5.93. The van der Waals surface area contributed by atoms with Crippen molar-refractivity contribution in [3.8, 4) is 17.2 Å². The molecule has 0 unspecified atom stereocenters. The van der Waals surface area contributed by atoms with Crippen molar-refractivity contribution in [3.63, 3.8) is 0 Å². The van der Waals surface area contributed by atoms with Crippen molar-refractivity contribution in [3.05, 3.63) is 53.8 Å². The highest BCUT2D eigenvalue weighted by Crippen LogP contribution is 2.32. The van der Waals surface area contributed by atoms with E-state index >= 15 is 0 Å². The number of anilines is 1. The summed E-state index contributed by atoms with van der Waals surface area (Å²) < 4.78 is 16.1. The van der Waals surface area contributed by atoms with E-state index in [-0.39, 0.29) is 11.7 Å². The van der Waals surface area contributed by atoms with Crippen LogP contribution in [0.1, 0.15) is 10.6 Å². The van der Waals surface area contributed by atoms with Gasteiger partial charge in [-0.25, -0.2) is 4.98 Å². The summed E-state index contributed by atoms with van der Waals surface area (Å²) in [6.07, 6.45) is 1.45. The van der Waals surface area contributed by atoms with Gasteiger partial charge >= 0.3 is 0 Å². The lowest BCUT2D eigenvalue weighted by molar-refractivity contribution is 0.0996. The van der Waals surface area contributed by atoms with Gasteiger partial charge in [0.1, 0.15) is 17.0 Å². The highest BCUT2D eigenvalue weighted by Gasteiger charge is 2.14. The monoisotopic (exact) mass is 340 g/mol. The normalized spacial score (nSPS) is 10.9. The van der Waals surface area contributed by atoms with Gasteiger partial charge in [0.15, 0.2) is 16.7 Å². The number of carbonyl (C=O) groups excluding carboxylic acids is 1. The number of ether oxygens (including phenoxy) is 1. The molecular formula is C17H12N2O4S. The van der Waals surface area contributed by atoms with Crippen LogP contribution in [0.2, 0.25) is 0 Å². The molecule has 1 N–H and O–H groups in total. The highest BCUT2D eigenvalue weighted by molar-refractivity contribution is 7.14. The second-order valence-corrected chi connectivity index (χ2v) is 5.84. The van der Waals surface area contributed by atoms with Crippen LogP contribution in [-0.4, -0.2) is 18.0 Å². The molecule has 3 aromatic heterocycles. The van der Waals surface area contributed by atoms with E-state index in [9.17, 15) is 4.79 Å². The standard InChI is InChI=1S/C17H12N2O4S/c1-21-11-4-5-13-10(7-11)8-15(23-13)12-9-24-17(18-12)19-16(20)14-3-2-6-22-14/h2-9H,1H3,(H,18,19,20). The van der Waals surface area contributed by atoms with E-state index < -0.39 is 0 Å². The molecule has 1 amide bonds. The molecule has 0 fully saturated rings. The largest absolute Gasteiger partial charge is 0.497 e. The zero-order valence-electron chi connectivity index (χ0n) is 12.6. The number of benzene rings is 1. The molecule has 0 atom stereocenters. The summed E-state index contributed by atoms with van der Waals surface area (Å²) in [5.74, 6) is 1.30. The van der Waals surface area contributed by atoms with Crippen LogP contribution >= 0.6 is 11.3 Å². The highest BCUT2D eigenvalue weighted by atomic mass is 32.1. The molecule has 1 aromatic carbocycles. The zero-order chi connectivity index (χ0) is 16.5. The van der Waals surface area contributed by atoms with Gasteiger partial charge in [-0.15, -0.1) is 11.3 Å². The Labute approximate surface area is 140 Å². The number of furan rings is 2. The third-order valence-corrected chi connectivity index (χ3v) is 4.20. The average Bonchev–Trinajstić information content (AvgIpc) is 3.33. The third-order valence-electron chi connectivity index (χ3n) is 3.45. The molecule has 0 bridgehead atoms. The van der Waals surface area contributed by atoms with Crippen molar-refractivity contribution < 1.29 is 18.4 Å². The van der Waals surface area contributed by atoms with E-state index in [1.54, 1.807) is 19.2 Å². The molecule has 4 aromatic rings. The minimum atomic E-state index is -0.338. The molecule has 120 valence electrons. The number of methoxy groups -OCH3 is 1. The fraction of sp³-hybridized carbons (Fsp3) is 0.0588. The summed E-state index contributed by atoms with van der Waals surface area (Å²) in [7, 11) is 1.62. The van der Waals surface area contributed by atoms with E-state index in [0.29, 0.717) is 16.6 Å². The summed E-state index contributed by atoms with van der Waals surface area (Å²) in [6.45, 7) is 0. The fourth-order valence-electron chi connectivity index (χ4n) is 2.29. The number of nitrogens with one attached hydrogen (secondary N) is 1. The average molecular weight is 340 g/mol. The number of hydrogen-bond acceptors (Lipinski definition) is 6. The SMILES string of the molecule is COc1ccc2oc(-c3csc(NC(=O)c4ccco4)n3)cc2c1. The number of amides is 1. The maximum atomic E-state index is 12.0.